The number of hydrogen-bond donors (Lipinski definition) is 2. The fraction of sp³-hybridized carbons (Fsp3) is 0.343. The monoisotopic (exact) mass is 769 g/mol. The first-order valence-corrected chi connectivity index (χ1v) is 17.3. The van der Waals surface area contributed by atoms with E-state index < -0.39 is 41.5 Å². The first kappa shape index (κ1) is 36.7. The molecule has 2 aliphatic heterocycles. The van der Waals surface area contributed by atoms with Crippen LogP contribution in [-0.2, 0) is 41.7 Å². The van der Waals surface area contributed by atoms with Gasteiger partial charge in [0.2, 0.25) is 11.7 Å². The lowest BCUT2D eigenvalue weighted by Gasteiger charge is -2.36. The summed E-state index contributed by atoms with van der Waals surface area (Å²) in [6.45, 7) is 4.13. The molecule has 0 radical (unpaired) electrons. The zero-order valence-corrected chi connectivity index (χ0v) is 29.6. The van der Waals surface area contributed by atoms with Gasteiger partial charge in [-0.2, -0.15) is 22.7 Å². The summed E-state index contributed by atoms with van der Waals surface area (Å²) in [4.78, 5) is 56.8. The second-order valence-electron chi connectivity index (χ2n) is 12.8. The van der Waals surface area contributed by atoms with Gasteiger partial charge in [-0.1, -0.05) is 18.5 Å². The number of aromatic hydroxyl groups is 1. The number of hydrogen-bond acceptors (Lipinski definition) is 10. The van der Waals surface area contributed by atoms with Crippen LogP contribution in [0.5, 0.6) is 5.75 Å². The summed E-state index contributed by atoms with van der Waals surface area (Å²) in [5, 5.41) is 17.0. The van der Waals surface area contributed by atoms with Crippen molar-refractivity contribution in [2.24, 2.45) is 0 Å². The van der Waals surface area contributed by atoms with Gasteiger partial charge in [0.1, 0.15) is 24.4 Å². The number of ether oxygens (including phenoxy) is 1. The first-order chi connectivity index (χ1) is 25.7. The molecule has 0 bridgehead atoms. The molecule has 2 amide bonds. The largest absolute Gasteiger partial charge is 0.504 e. The van der Waals surface area contributed by atoms with E-state index in [0.29, 0.717) is 30.4 Å². The highest BCUT2D eigenvalue weighted by Crippen LogP contribution is 2.34. The minimum Gasteiger partial charge on any atom is -0.504 e. The number of aromatic nitrogens is 6. The highest BCUT2D eigenvalue weighted by Gasteiger charge is 2.33. The van der Waals surface area contributed by atoms with Gasteiger partial charge in [0.15, 0.2) is 17.3 Å². The van der Waals surface area contributed by atoms with E-state index in [-0.39, 0.29) is 89.9 Å². The van der Waals surface area contributed by atoms with Crippen molar-refractivity contribution in [3.63, 3.8) is 0 Å². The number of fused-ring (bicyclic) bond motifs is 2. The molecule has 0 saturated carbocycles. The third-order valence-corrected chi connectivity index (χ3v) is 9.74. The number of piperazine rings is 1. The fourth-order valence-electron chi connectivity index (χ4n) is 6.64. The smallest absolute Gasteiger partial charge is 0.416 e. The summed E-state index contributed by atoms with van der Waals surface area (Å²) >= 11 is 6.12. The van der Waals surface area contributed by atoms with Crippen molar-refractivity contribution in [2.45, 2.75) is 46.0 Å². The van der Waals surface area contributed by atoms with E-state index in [1.807, 2.05) is 0 Å². The number of amides is 2. The topological polar surface area (TPSA) is 160 Å². The van der Waals surface area contributed by atoms with Crippen LogP contribution in [-0.4, -0.2) is 83.7 Å². The standard InChI is InChI=1S/C35H32ClF4N9O5/c1-3-26-29(46-7-9-47(10-8-46)32(52)28-30(51)18(2)41-17-42-28)33(53)49-34(44-31(45-49)22-12-19-6-11-54-16-20(19)13-24(22)37)48(26)15-27(50)43-25-5-4-21(14-23(25)36)35(38,39)40/h4-5,12-14,17,51H,3,6-11,15-16H2,1-2H3,(H,43,50). The van der Waals surface area contributed by atoms with E-state index in [4.69, 9.17) is 16.3 Å². The second kappa shape index (κ2) is 14.3. The first-order valence-electron chi connectivity index (χ1n) is 16.9. The number of anilines is 2. The number of alkyl halides is 3. The van der Waals surface area contributed by atoms with E-state index in [2.05, 4.69) is 25.4 Å². The summed E-state index contributed by atoms with van der Waals surface area (Å²) in [5.74, 6) is -2.36. The van der Waals surface area contributed by atoms with Crippen LogP contribution >= 0.6 is 11.6 Å². The van der Waals surface area contributed by atoms with Crippen LogP contribution in [0, 0.1) is 12.7 Å². The molecule has 1 saturated heterocycles. The number of rotatable bonds is 7. The van der Waals surface area contributed by atoms with Gasteiger partial charge in [0.05, 0.1) is 46.4 Å². The molecule has 0 unspecified atom stereocenters. The lowest BCUT2D eigenvalue weighted by atomic mass is 9.99. The van der Waals surface area contributed by atoms with E-state index in [1.54, 1.807) is 24.8 Å². The van der Waals surface area contributed by atoms with Crippen LogP contribution in [0.3, 0.4) is 0 Å². The molecular weight excluding hydrogens is 738 g/mol. The van der Waals surface area contributed by atoms with Crippen molar-refractivity contribution in [3.8, 4) is 17.1 Å². The van der Waals surface area contributed by atoms with E-state index >= 15 is 4.39 Å². The molecule has 1 fully saturated rings. The van der Waals surface area contributed by atoms with Crippen LogP contribution < -0.4 is 15.8 Å². The average Bonchev–Trinajstić information content (AvgIpc) is 3.59. The summed E-state index contributed by atoms with van der Waals surface area (Å²) in [6, 6.07) is 5.49. The molecule has 3 aromatic heterocycles. The lowest BCUT2D eigenvalue weighted by Crippen LogP contribution is -2.51. The van der Waals surface area contributed by atoms with Crippen LogP contribution in [0.2, 0.25) is 5.02 Å². The van der Waals surface area contributed by atoms with Crippen molar-refractivity contribution in [3.05, 3.63) is 91.6 Å². The van der Waals surface area contributed by atoms with Gasteiger partial charge in [0.25, 0.3) is 11.5 Å². The third kappa shape index (κ3) is 6.82. The maximum Gasteiger partial charge on any atom is 0.416 e. The van der Waals surface area contributed by atoms with Crippen molar-refractivity contribution >= 4 is 40.6 Å². The average molecular weight is 770 g/mol. The molecule has 7 rings (SSSR count). The Morgan fingerprint density at radius 2 is 1.83 bits per heavy atom. The molecule has 5 heterocycles. The third-order valence-electron chi connectivity index (χ3n) is 9.43. The van der Waals surface area contributed by atoms with Gasteiger partial charge < -0.3 is 29.5 Å². The Kier molecular flexibility index (Phi) is 9.74. The Bertz CT molecular complexity index is 2370. The molecule has 0 spiro atoms. The summed E-state index contributed by atoms with van der Waals surface area (Å²) < 4.78 is 63.2. The van der Waals surface area contributed by atoms with E-state index in [1.165, 1.54) is 21.9 Å². The van der Waals surface area contributed by atoms with E-state index in [0.717, 1.165) is 22.2 Å². The van der Waals surface area contributed by atoms with Gasteiger partial charge in [-0.25, -0.2) is 14.4 Å². The Morgan fingerprint density at radius 1 is 1.07 bits per heavy atom. The van der Waals surface area contributed by atoms with Crippen molar-refractivity contribution in [1.29, 1.82) is 0 Å². The Balaban J connectivity index is 1.27. The van der Waals surface area contributed by atoms with Gasteiger partial charge in [-0.05, 0) is 61.2 Å². The number of carbonyl (C=O) groups is 2. The van der Waals surface area contributed by atoms with Crippen LogP contribution in [0.15, 0.2) is 41.5 Å². The normalized spacial score (nSPS) is 14.7. The molecule has 54 heavy (non-hydrogen) atoms. The number of nitrogens with zero attached hydrogens (tertiary/aromatic N) is 8. The summed E-state index contributed by atoms with van der Waals surface area (Å²) in [7, 11) is 0. The molecule has 282 valence electrons. The van der Waals surface area contributed by atoms with Gasteiger partial charge in [0, 0.05) is 26.2 Å². The molecule has 0 aliphatic carbocycles. The lowest BCUT2D eigenvalue weighted by molar-refractivity contribution is -0.137. The predicted molar refractivity (Wildman–Crippen MR) is 187 cm³/mol. The van der Waals surface area contributed by atoms with Crippen LogP contribution in [0.25, 0.3) is 17.2 Å². The number of halogens is 5. The van der Waals surface area contributed by atoms with Gasteiger partial charge >= 0.3 is 6.18 Å². The highest BCUT2D eigenvalue weighted by atomic mass is 35.5. The molecule has 2 aliphatic rings. The quantitative estimate of drug-likeness (QED) is 0.227. The molecule has 14 nitrogen and oxygen atoms in total. The predicted octanol–water partition coefficient (Wildman–Crippen LogP) is 4.41. The summed E-state index contributed by atoms with van der Waals surface area (Å²) in [6.07, 6.45) is -2.73. The zero-order chi connectivity index (χ0) is 38.5. The Labute approximate surface area is 309 Å². The van der Waals surface area contributed by atoms with Crippen LogP contribution in [0.1, 0.15) is 45.5 Å². The minimum absolute atomic E-state index is 0.0428. The number of aryl methyl sites for hydroxylation is 1. The molecule has 19 heteroatoms. The molecule has 2 aromatic carbocycles. The SMILES string of the molecule is CCc1c(N2CCN(C(=O)c3ncnc(C)c3O)CC2)c(=O)n2nc(-c3cc4c(cc3F)COCC4)nc2n1CC(=O)Nc1ccc(C(F)(F)F)cc1Cl. The number of carbonyl (C=O) groups excluding carboxylic acids is 2. The maximum atomic E-state index is 15.5. The van der Waals surface area contributed by atoms with Crippen molar-refractivity contribution in [2.75, 3.05) is 43.0 Å². The fourth-order valence-corrected chi connectivity index (χ4v) is 6.87. The highest BCUT2D eigenvalue weighted by molar-refractivity contribution is 6.33. The Morgan fingerprint density at radius 3 is 2.54 bits per heavy atom. The van der Waals surface area contributed by atoms with Crippen LogP contribution in [0.4, 0.5) is 28.9 Å². The van der Waals surface area contributed by atoms with Gasteiger partial charge in [-0.3, -0.25) is 14.4 Å². The van der Waals surface area contributed by atoms with Crippen molar-refractivity contribution < 1.29 is 37.0 Å². The molecular formula is C35H32ClF4N9O5. The molecule has 5 aromatic rings. The second-order valence-corrected chi connectivity index (χ2v) is 13.2. The number of benzene rings is 2. The molecule has 2 N–H and O–H groups in total. The minimum atomic E-state index is -4.65. The molecule has 0 atom stereocenters. The Hall–Kier alpha value is -5.62. The van der Waals surface area contributed by atoms with Crippen molar-refractivity contribution in [1.82, 2.24) is 34.0 Å². The maximum absolute atomic E-state index is 15.5. The van der Waals surface area contributed by atoms with E-state index in [9.17, 15) is 32.7 Å². The zero-order valence-electron chi connectivity index (χ0n) is 28.9. The number of nitrogens with one attached hydrogen (secondary N) is 1. The summed E-state index contributed by atoms with van der Waals surface area (Å²) in [5.41, 5.74) is 0.534. The van der Waals surface area contributed by atoms with Gasteiger partial charge in [-0.15, -0.1) is 5.10 Å².